The van der Waals surface area contributed by atoms with Gasteiger partial charge in [-0.3, -0.25) is 4.98 Å². The molecule has 1 aliphatic carbocycles. The molecule has 46 heavy (non-hydrogen) atoms. The zero-order chi connectivity index (χ0) is 33.6. The molecule has 0 spiro atoms. The summed E-state index contributed by atoms with van der Waals surface area (Å²) in [6.07, 6.45) is -2.10. The van der Waals surface area contributed by atoms with Crippen molar-refractivity contribution in [2.45, 2.75) is 88.0 Å². The average molecular weight is 670 g/mol. The molecular formula is C34H41F6NO4Si. The summed E-state index contributed by atoms with van der Waals surface area (Å²) >= 11 is 0. The second-order valence-corrected chi connectivity index (χ2v) is 18.4. The highest BCUT2D eigenvalue weighted by atomic mass is 28.3. The lowest BCUT2D eigenvalue weighted by molar-refractivity contribution is -0.401. The third-order valence-electron chi connectivity index (χ3n) is 8.22. The number of fused-ring (bicyclic) bond motifs is 1. The Kier molecular flexibility index (Phi) is 11.6. The first kappa shape index (κ1) is 35.9. The predicted octanol–water partition coefficient (Wildman–Crippen LogP) is 9.13. The number of halogens is 6. The molecule has 2 atom stereocenters. The molecule has 1 saturated carbocycles. The molecule has 3 aromatic rings. The molecule has 3 aliphatic rings. The summed E-state index contributed by atoms with van der Waals surface area (Å²) < 4.78 is 107. The fraction of sp³-hybridized carbons (Fsp3) is 0.500. The monoisotopic (exact) mass is 669 g/mol. The number of hydrogen-bond donors (Lipinski definition) is 0. The Balaban J connectivity index is 0.000000703. The summed E-state index contributed by atoms with van der Waals surface area (Å²) in [4.78, 5) is 3.97. The molecule has 2 bridgehead atoms. The Bertz CT molecular complexity index is 1360. The van der Waals surface area contributed by atoms with Gasteiger partial charge in [-0.25, -0.2) is 0 Å². The molecule has 3 heterocycles. The van der Waals surface area contributed by atoms with Crippen LogP contribution < -0.4 is 4.74 Å². The maximum atomic E-state index is 14.4. The minimum Gasteiger partial charge on any atom is -0.497 e. The van der Waals surface area contributed by atoms with Crippen LogP contribution in [0, 0.1) is 0 Å². The number of benzene rings is 2. The predicted molar refractivity (Wildman–Crippen MR) is 166 cm³/mol. The first-order valence-electron chi connectivity index (χ1n) is 15.3. The molecule has 12 heteroatoms. The van der Waals surface area contributed by atoms with E-state index < -0.39 is 38.4 Å². The van der Waals surface area contributed by atoms with E-state index in [0.29, 0.717) is 48.0 Å². The maximum absolute atomic E-state index is 14.4. The highest BCUT2D eigenvalue weighted by Gasteiger charge is 2.73. The van der Waals surface area contributed by atoms with Gasteiger partial charge in [-0.15, -0.1) is 0 Å². The van der Waals surface area contributed by atoms with Crippen molar-refractivity contribution in [3.05, 3.63) is 83.7 Å². The van der Waals surface area contributed by atoms with Crippen molar-refractivity contribution in [2.24, 2.45) is 0 Å². The van der Waals surface area contributed by atoms with Crippen LogP contribution in [0.3, 0.4) is 0 Å². The molecule has 2 unspecified atom stereocenters. The van der Waals surface area contributed by atoms with Gasteiger partial charge < -0.3 is 18.9 Å². The highest BCUT2D eigenvalue weighted by Crippen LogP contribution is 2.53. The second kappa shape index (κ2) is 14.9. The fourth-order valence-corrected chi connectivity index (χ4v) is 6.24. The second-order valence-electron chi connectivity index (χ2n) is 12.8. The lowest BCUT2D eigenvalue weighted by Gasteiger charge is -2.37. The van der Waals surface area contributed by atoms with Gasteiger partial charge in [-0.1, -0.05) is 43.9 Å². The highest BCUT2D eigenvalue weighted by molar-refractivity contribution is 6.76. The van der Waals surface area contributed by atoms with E-state index in [1.54, 1.807) is 48.8 Å². The topological polar surface area (TPSA) is 49.8 Å². The van der Waals surface area contributed by atoms with E-state index in [-0.39, 0.29) is 12.2 Å². The molecule has 2 aliphatic heterocycles. The molecule has 6 rings (SSSR count). The Morgan fingerprint density at radius 2 is 1.46 bits per heavy atom. The van der Waals surface area contributed by atoms with Gasteiger partial charge in [0.25, 0.3) is 5.60 Å². The SMILES string of the molecule is C1CC2CC1O2.COc1ccc(-c2cc(C(OCOCC[Si](C)(C)C)(C(F)(F)F)C(F)(F)F)ccc2CCc2ccncc2)cc1. The number of ether oxygens (including phenoxy) is 4. The van der Waals surface area contributed by atoms with Crippen LogP contribution in [0.25, 0.3) is 11.1 Å². The van der Waals surface area contributed by atoms with E-state index in [0.717, 1.165) is 17.7 Å². The maximum Gasteiger partial charge on any atom is 0.430 e. The van der Waals surface area contributed by atoms with Gasteiger partial charge >= 0.3 is 12.4 Å². The average Bonchev–Trinajstić information content (AvgIpc) is 3.65. The first-order valence-corrected chi connectivity index (χ1v) is 19.0. The van der Waals surface area contributed by atoms with Crippen LogP contribution in [0.1, 0.15) is 36.0 Å². The van der Waals surface area contributed by atoms with E-state index >= 15 is 0 Å². The molecule has 0 amide bonds. The van der Waals surface area contributed by atoms with Crippen LogP contribution in [0.2, 0.25) is 25.7 Å². The number of methoxy groups -OCH3 is 1. The minimum atomic E-state index is -5.82. The number of aryl methyl sites for hydroxylation is 2. The number of hydrogen-bond acceptors (Lipinski definition) is 5. The Hall–Kier alpha value is -2.93. The standard InChI is InChI=1S/C29H33F6NO3Si.C5H8O/c1-37-25-11-8-23(9-12-25)26-19-24(10-7-22(26)6-5-21-13-15-36-16-14-21)27(28(30,31)32,29(33,34)35)39-20-38-17-18-40(2,3)4;1-2-5-3-4(1)6-5/h7-16,19H,5-6,17-18,20H2,1-4H3;4-5H,1-3H2. The zero-order valence-corrected chi connectivity index (χ0v) is 27.5. The van der Waals surface area contributed by atoms with E-state index in [1.807, 2.05) is 19.6 Å². The van der Waals surface area contributed by atoms with Crippen molar-refractivity contribution in [2.75, 3.05) is 20.5 Å². The molecule has 5 nitrogen and oxygen atoms in total. The van der Waals surface area contributed by atoms with Crippen LogP contribution in [-0.2, 0) is 32.7 Å². The summed E-state index contributed by atoms with van der Waals surface area (Å²) in [6.45, 7) is 4.90. The Labute approximate surface area is 267 Å². The molecular weight excluding hydrogens is 628 g/mol. The Morgan fingerprint density at radius 1 is 0.848 bits per heavy atom. The number of alkyl halides is 6. The third-order valence-corrected chi connectivity index (χ3v) is 9.93. The van der Waals surface area contributed by atoms with Crippen molar-refractivity contribution < 1.29 is 45.3 Å². The van der Waals surface area contributed by atoms with Crippen LogP contribution in [0.5, 0.6) is 5.75 Å². The molecule has 1 aromatic heterocycles. The summed E-state index contributed by atoms with van der Waals surface area (Å²) in [7, 11) is -0.160. The number of rotatable bonds is 12. The van der Waals surface area contributed by atoms with Crippen molar-refractivity contribution in [1.29, 1.82) is 0 Å². The van der Waals surface area contributed by atoms with Crippen LogP contribution in [-0.4, -0.2) is 58.1 Å². The van der Waals surface area contributed by atoms with Gasteiger partial charge in [-0.05, 0) is 90.7 Å². The number of pyridine rings is 1. The molecule has 0 N–H and O–H groups in total. The van der Waals surface area contributed by atoms with Crippen molar-refractivity contribution in [3.8, 4) is 16.9 Å². The molecule has 3 fully saturated rings. The van der Waals surface area contributed by atoms with E-state index in [1.165, 1.54) is 32.4 Å². The van der Waals surface area contributed by atoms with E-state index in [9.17, 15) is 26.3 Å². The van der Waals surface area contributed by atoms with Gasteiger partial charge in [0.05, 0.1) is 19.3 Å². The molecule has 2 aromatic carbocycles. The van der Waals surface area contributed by atoms with Gasteiger partial charge in [0, 0.05) is 32.6 Å². The van der Waals surface area contributed by atoms with Gasteiger partial charge in [0.15, 0.2) is 0 Å². The Morgan fingerprint density at radius 3 is 1.96 bits per heavy atom. The summed E-state index contributed by atoms with van der Waals surface area (Å²) in [5.74, 6) is 0.497. The molecule has 0 radical (unpaired) electrons. The van der Waals surface area contributed by atoms with Crippen molar-refractivity contribution in [3.63, 3.8) is 0 Å². The quantitative estimate of drug-likeness (QED) is 0.0834. The zero-order valence-electron chi connectivity index (χ0n) is 26.5. The minimum absolute atomic E-state index is 0.00651. The van der Waals surface area contributed by atoms with Gasteiger partial charge in [0.1, 0.15) is 12.5 Å². The number of nitrogens with zero attached hydrogens (tertiary/aromatic N) is 1. The summed E-state index contributed by atoms with van der Waals surface area (Å²) in [6, 6.07) is 13.6. The normalized spacial score (nSPS) is 18.0. The van der Waals surface area contributed by atoms with Crippen molar-refractivity contribution in [1.82, 2.24) is 4.98 Å². The van der Waals surface area contributed by atoms with E-state index in [2.05, 4.69) is 9.72 Å². The van der Waals surface area contributed by atoms with Crippen LogP contribution >= 0.6 is 0 Å². The van der Waals surface area contributed by atoms with Crippen LogP contribution in [0.15, 0.2) is 67.0 Å². The molecule has 252 valence electrons. The largest absolute Gasteiger partial charge is 0.497 e. The van der Waals surface area contributed by atoms with Gasteiger partial charge in [-0.2, -0.15) is 26.3 Å². The number of aromatic nitrogens is 1. The lowest BCUT2D eigenvalue weighted by atomic mass is 9.86. The van der Waals surface area contributed by atoms with Gasteiger partial charge in [0.2, 0.25) is 0 Å². The summed E-state index contributed by atoms with van der Waals surface area (Å²) in [5, 5.41) is 0. The molecule has 2 saturated heterocycles. The summed E-state index contributed by atoms with van der Waals surface area (Å²) in [5.41, 5.74) is -3.47. The smallest absolute Gasteiger partial charge is 0.430 e. The first-order chi connectivity index (χ1) is 21.6. The lowest BCUT2D eigenvalue weighted by Crippen LogP contribution is -2.56. The van der Waals surface area contributed by atoms with Crippen molar-refractivity contribution >= 4 is 8.07 Å². The fourth-order valence-electron chi connectivity index (χ4n) is 5.48. The third kappa shape index (κ3) is 8.90. The van der Waals surface area contributed by atoms with Crippen LogP contribution in [0.4, 0.5) is 26.3 Å². The van der Waals surface area contributed by atoms with E-state index in [4.69, 9.17) is 14.2 Å².